The Morgan fingerprint density at radius 2 is 1.70 bits per heavy atom. The molecule has 0 unspecified atom stereocenters. The molecule has 3 N–H and O–H groups in total. The zero-order valence-corrected chi connectivity index (χ0v) is 15.0. The Labute approximate surface area is 157 Å². The van der Waals surface area contributed by atoms with Gasteiger partial charge >= 0.3 is 11.8 Å². The molecular formula is C19H23N5O3. The van der Waals surface area contributed by atoms with E-state index >= 15 is 0 Å². The number of rotatable bonds is 6. The van der Waals surface area contributed by atoms with Crippen molar-refractivity contribution >= 4 is 23.5 Å². The maximum atomic E-state index is 12.1. The average molecular weight is 369 g/mol. The van der Waals surface area contributed by atoms with Crippen LogP contribution in [0.1, 0.15) is 37.3 Å². The van der Waals surface area contributed by atoms with Gasteiger partial charge in [0.25, 0.3) is 0 Å². The molecule has 1 aliphatic rings. The summed E-state index contributed by atoms with van der Waals surface area (Å²) >= 11 is 0. The number of benzene rings is 1. The average Bonchev–Trinajstić information content (AvgIpc) is 3.36. The van der Waals surface area contributed by atoms with E-state index in [0.717, 1.165) is 31.2 Å². The summed E-state index contributed by atoms with van der Waals surface area (Å²) in [7, 11) is 0. The highest BCUT2D eigenvalue weighted by Gasteiger charge is 2.21. The van der Waals surface area contributed by atoms with Gasteiger partial charge in [0, 0.05) is 12.6 Å². The Bertz CT molecular complexity index is 797. The zero-order valence-electron chi connectivity index (χ0n) is 15.0. The number of amides is 3. The van der Waals surface area contributed by atoms with E-state index in [-0.39, 0.29) is 13.1 Å². The molecule has 3 rings (SSSR count). The number of carbonyl (C=O) groups is 3. The van der Waals surface area contributed by atoms with Gasteiger partial charge in [-0.3, -0.25) is 14.4 Å². The first kappa shape index (κ1) is 18.6. The summed E-state index contributed by atoms with van der Waals surface area (Å²) in [6, 6.07) is 11.3. The summed E-state index contributed by atoms with van der Waals surface area (Å²) in [6.45, 7) is -0.0344. The van der Waals surface area contributed by atoms with E-state index in [2.05, 4.69) is 21.0 Å². The SMILES string of the molecule is O=C(CNC(=O)C(=O)NCc1ccccc1)Nc1ccnn1C1CCCC1. The number of carbonyl (C=O) groups excluding carboxylic acids is 3. The normalized spacial score (nSPS) is 13.9. The molecule has 0 atom stereocenters. The van der Waals surface area contributed by atoms with Crippen molar-refractivity contribution in [1.82, 2.24) is 20.4 Å². The molecule has 0 spiro atoms. The van der Waals surface area contributed by atoms with Crippen LogP contribution in [0.5, 0.6) is 0 Å². The molecule has 142 valence electrons. The monoisotopic (exact) mass is 369 g/mol. The van der Waals surface area contributed by atoms with Crippen LogP contribution in [0.15, 0.2) is 42.6 Å². The smallest absolute Gasteiger partial charge is 0.309 e. The van der Waals surface area contributed by atoms with E-state index in [1.807, 2.05) is 35.0 Å². The van der Waals surface area contributed by atoms with Gasteiger partial charge in [-0.25, -0.2) is 4.68 Å². The maximum Gasteiger partial charge on any atom is 0.309 e. The van der Waals surface area contributed by atoms with Crippen molar-refractivity contribution in [2.24, 2.45) is 0 Å². The number of aromatic nitrogens is 2. The molecule has 8 nitrogen and oxygen atoms in total. The van der Waals surface area contributed by atoms with Crippen LogP contribution >= 0.6 is 0 Å². The second-order valence-electron chi connectivity index (χ2n) is 6.50. The highest BCUT2D eigenvalue weighted by Crippen LogP contribution is 2.31. The van der Waals surface area contributed by atoms with Gasteiger partial charge in [0.1, 0.15) is 5.82 Å². The second kappa shape index (κ2) is 8.98. The summed E-state index contributed by atoms with van der Waals surface area (Å²) in [6.07, 6.45) is 6.05. The minimum absolute atomic E-state index is 0.250. The summed E-state index contributed by atoms with van der Waals surface area (Å²) in [4.78, 5) is 35.7. The third kappa shape index (κ3) is 5.16. The van der Waals surface area contributed by atoms with Crippen LogP contribution in [0.3, 0.4) is 0 Å². The van der Waals surface area contributed by atoms with E-state index in [4.69, 9.17) is 0 Å². The zero-order chi connectivity index (χ0) is 19.1. The van der Waals surface area contributed by atoms with Crippen molar-refractivity contribution in [2.75, 3.05) is 11.9 Å². The number of nitrogens with one attached hydrogen (secondary N) is 3. The molecule has 1 aliphatic carbocycles. The molecule has 0 aliphatic heterocycles. The lowest BCUT2D eigenvalue weighted by atomic mass is 10.2. The Balaban J connectivity index is 1.43. The van der Waals surface area contributed by atoms with Crippen LogP contribution in [0.4, 0.5) is 5.82 Å². The molecular weight excluding hydrogens is 346 g/mol. The molecule has 1 fully saturated rings. The third-order valence-corrected chi connectivity index (χ3v) is 4.52. The van der Waals surface area contributed by atoms with Crippen LogP contribution < -0.4 is 16.0 Å². The molecule has 3 amide bonds. The first-order valence-electron chi connectivity index (χ1n) is 9.07. The van der Waals surface area contributed by atoms with Crippen LogP contribution in [0.2, 0.25) is 0 Å². The third-order valence-electron chi connectivity index (χ3n) is 4.52. The van der Waals surface area contributed by atoms with E-state index in [1.54, 1.807) is 12.3 Å². The predicted octanol–water partition coefficient (Wildman–Crippen LogP) is 1.37. The topological polar surface area (TPSA) is 105 Å². The maximum absolute atomic E-state index is 12.1. The summed E-state index contributed by atoms with van der Waals surface area (Å²) < 4.78 is 1.82. The Morgan fingerprint density at radius 1 is 1.00 bits per heavy atom. The fourth-order valence-corrected chi connectivity index (χ4v) is 3.14. The lowest BCUT2D eigenvalue weighted by Gasteiger charge is -2.14. The molecule has 1 aromatic carbocycles. The van der Waals surface area contributed by atoms with Gasteiger partial charge in [0.15, 0.2) is 0 Å². The van der Waals surface area contributed by atoms with Gasteiger partial charge in [-0.05, 0) is 18.4 Å². The van der Waals surface area contributed by atoms with Crippen molar-refractivity contribution in [2.45, 2.75) is 38.3 Å². The van der Waals surface area contributed by atoms with Crippen molar-refractivity contribution < 1.29 is 14.4 Å². The number of hydrogen-bond donors (Lipinski definition) is 3. The Kier molecular flexibility index (Phi) is 6.19. The van der Waals surface area contributed by atoms with Crippen LogP contribution in [-0.2, 0) is 20.9 Å². The standard InChI is InChI=1S/C19H23N5O3/c25-17(23-16-10-11-22-24(16)15-8-4-5-9-15)13-21-19(27)18(26)20-12-14-6-2-1-3-7-14/h1-3,6-7,10-11,15H,4-5,8-9,12-13H2,(H,20,26)(H,21,27)(H,23,25). The highest BCUT2D eigenvalue weighted by atomic mass is 16.2. The summed E-state index contributed by atoms with van der Waals surface area (Å²) in [5, 5.41) is 11.9. The predicted molar refractivity (Wildman–Crippen MR) is 99.7 cm³/mol. The highest BCUT2D eigenvalue weighted by molar-refractivity contribution is 6.35. The molecule has 1 aromatic heterocycles. The minimum atomic E-state index is -0.842. The number of hydrogen-bond acceptors (Lipinski definition) is 4. The largest absolute Gasteiger partial charge is 0.344 e. The van der Waals surface area contributed by atoms with E-state index in [9.17, 15) is 14.4 Å². The molecule has 0 saturated heterocycles. The van der Waals surface area contributed by atoms with Crippen molar-refractivity contribution in [3.05, 3.63) is 48.2 Å². The van der Waals surface area contributed by atoms with Crippen LogP contribution in [0.25, 0.3) is 0 Å². The number of anilines is 1. The van der Waals surface area contributed by atoms with Gasteiger partial charge in [0.05, 0.1) is 18.8 Å². The molecule has 0 bridgehead atoms. The number of nitrogens with zero attached hydrogens (tertiary/aromatic N) is 2. The molecule has 2 aromatic rings. The summed E-state index contributed by atoms with van der Waals surface area (Å²) in [5.41, 5.74) is 0.886. The Hall–Kier alpha value is -3.16. The minimum Gasteiger partial charge on any atom is -0.344 e. The lowest BCUT2D eigenvalue weighted by molar-refractivity contribution is -0.139. The van der Waals surface area contributed by atoms with E-state index in [1.165, 1.54) is 0 Å². The second-order valence-corrected chi connectivity index (χ2v) is 6.50. The molecule has 0 radical (unpaired) electrons. The molecule has 27 heavy (non-hydrogen) atoms. The van der Waals surface area contributed by atoms with Crippen LogP contribution in [-0.4, -0.2) is 34.0 Å². The van der Waals surface area contributed by atoms with Crippen LogP contribution in [0, 0.1) is 0 Å². The van der Waals surface area contributed by atoms with Gasteiger partial charge in [0.2, 0.25) is 5.91 Å². The van der Waals surface area contributed by atoms with Gasteiger partial charge in [-0.1, -0.05) is 43.2 Å². The first-order valence-corrected chi connectivity index (χ1v) is 9.07. The fourth-order valence-electron chi connectivity index (χ4n) is 3.14. The van der Waals surface area contributed by atoms with Crippen molar-refractivity contribution in [1.29, 1.82) is 0 Å². The Morgan fingerprint density at radius 3 is 2.44 bits per heavy atom. The molecule has 1 saturated carbocycles. The first-order chi connectivity index (χ1) is 13.1. The van der Waals surface area contributed by atoms with Gasteiger partial charge in [-0.2, -0.15) is 5.10 Å². The van der Waals surface area contributed by atoms with Crippen molar-refractivity contribution in [3.63, 3.8) is 0 Å². The fraction of sp³-hybridized carbons (Fsp3) is 0.368. The summed E-state index contributed by atoms with van der Waals surface area (Å²) in [5.74, 6) is -1.42. The van der Waals surface area contributed by atoms with E-state index in [0.29, 0.717) is 11.9 Å². The van der Waals surface area contributed by atoms with Gasteiger partial charge < -0.3 is 16.0 Å². The molecule has 1 heterocycles. The van der Waals surface area contributed by atoms with Gasteiger partial charge in [-0.15, -0.1) is 0 Å². The molecule has 8 heteroatoms. The quantitative estimate of drug-likeness (QED) is 0.669. The van der Waals surface area contributed by atoms with Crippen molar-refractivity contribution in [3.8, 4) is 0 Å². The lowest BCUT2D eigenvalue weighted by Crippen LogP contribution is -2.42. The van der Waals surface area contributed by atoms with E-state index < -0.39 is 17.7 Å².